The average molecular weight is 188 g/mol. The van der Waals surface area contributed by atoms with Crippen LogP contribution in [-0.4, -0.2) is 22.6 Å². The minimum absolute atomic E-state index is 0.182. The maximum atomic E-state index is 10.4. The van der Waals surface area contributed by atoms with Crippen LogP contribution in [0.25, 0.3) is 0 Å². The van der Waals surface area contributed by atoms with E-state index in [4.69, 9.17) is 10.5 Å². The van der Waals surface area contributed by atoms with Crippen LogP contribution in [0.4, 0.5) is 4.79 Å². The van der Waals surface area contributed by atoms with Gasteiger partial charge in [-0.25, -0.2) is 4.79 Å². The molecule has 1 fully saturated rings. The Kier molecular flexibility index (Phi) is 2.62. The molecule has 0 aliphatic carbocycles. The molecule has 1 heterocycles. The van der Waals surface area contributed by atoms with Crippen LogP contribution in [0.2, 0.25) is 0 Å². The minimum Gasteiger partial charge on any atom is -0.466 e. The van der Waals surface area contributed by atoms with Crippen molar-refractivity contribution in [3.05, 3.63) is 0 Å². The number of amides is 2. The second-order valence-corrected chi connectivity index (χ2v) is 3.84. The summed E-state index contributed by atoms with van der Waals surface area (Å²) >= 11 is 1.43. The number of rotatable bonds is 1. The number of hydrogen-bond acceptors (Lipinski definition) is 3. The van der Waals surface area contributed by atoms with Gasteiger partial charge in [0.1, 0.15) is 5.60 Å². The van der Waals surface area contributed by atoms with Gasteiger partial charge in [0.2, 0.25) is 0 Å². The quantitative estimate of drug-likeness (QED) is 0.675. The van der Waals surface area contributed by atoms with Crippen LogP contribution in [0.3, 0.4) is 0 Å². The SMILES string of the molecule is CCC1(C)CS/C(=N/C(N)=O)O1. The average Bonchev–Trinajstić information content (AvgIpc) is 2.32. The van der Waals surface area contributed by atoms with Gasteiger partial charge in [-0.3, -0.25) is 0 Å². The predicted octanol–water partition coefficient (Wildman–Crippen LogP) is 1.35. The zero-order valence-electron chi connectivity index (χ0n) is 7.16. The van der Waals surface area contributed by atoms with Crippen LogP contribution in [0.15, 0.2) is 4.99 Å². The number of thioether (sulfide) groups is 1. The molecule has 0 spiro atoms. The van der Waals surface area contributed by atoms with Gasteiger partial charge in [-0.2, -0.15) is 4.99 Å². The number of hydrogen-bond donors (Lipinski definition) is 1. The van der Waals surface area contributed by atoms with E-state index in [1.807, 2.05) is 13.8 Å². The van der Waals surface area contributed by atoms with Gasteiger partial charge in [0.05, 0.1) is 0 Å². The van der Waals surface area contributed by atoms with Crippen LogP contribution in [-0.2, 0) is 4.74 Å². The van der Waals surface area contributed by atoms with Crippen molar-refractivity contribution in [1.82, 2.24) is 0 Å². The first-order valence-corrected chi connectivity index (χ1v) is 4.74. The first-order valence-electron chi connectivity index (χ1n) is 3.76. The molecule has 1 unspecified atom stereocenters. The summed E-state index contributed by atoms with van der Waals surface area (Å²) in [6.45, 7) is 4.03. The molecule has 0 saturated carbocycles. The van der Waals surface area contributed by atoms with E-state index in [0.29, 0.717) is 5.23 Å². The van der Waals surface area contributed by atoms with Crippen LogP contribution in [0.1, 0.15) is 20.3 Å². The maximum absolute atomic E-state index is 10.4. The van der Waals surface area contributed by atoms with E-state index in [2.05, 4.69) is 4.99 Å². The van der Waals surface area contributed by atoms with Crippen LogP contribution >= 0.6 is 11.8 Å². The summed E-state index contributed by atoms with van der Waals surface area (Å²) in [6, 6.07) is -0.696. The van der Waals surface area contributed by atoms with Crippen LogP contribution < -0.4 is 5.73 Å². The fourth-order valence-corrected chi connectivity index (χ4v) is 1.91. The van der Waals surface area contributed by atoms with Crippen molar-refractivity contribution in [2.75, 3.05) is 5.75 Å². The third-order valence-corrected chi connectivity index (χ3v) is 2.96. The molecule has 1 atom stereocenters. The van der Waals surface area contributed by atoms with E-state index in [-0.39, 0.29) is 5.60 Å². The minimum atomic E-state index is -0.696. The van der Waals surface area contributed by atoms with Crippen molar-refractivity contribution in [2.45, 2.75) is 25.9 Å². The van der Waals surface area contributed by atoms with Crippen molar-refractivity contribution in [1.29, 1.82) is 0 Å². The molecule has 2 amide bonds. The summed E-state index contributed by atoms with van der Waals surface area (Å²) in [6.07, 6.45) is 0.901. The first kappa shape index (κ1) is 9.38. The molecule has 5 heteroatoms. The lowest BCUT2D eigenvalue weighted by Gasteiger charge is -2.19. The molecule has 68 valence electrons. The molecule has 0 aromatic rings. The maximum Gasteiger partial charge on any atom is 0.342 e. The second kappa shape index (κ2) is 3.35. The summed E-state index contributed by atoms with van der Waals surface area (Å²) < 4.78 is 5.42. The zero-order chi connectivity index (χ0) is 9.19. The Hall–Kier alpha value is -0.710. The molecule has 12 heavy (non-hydrogen) atoms. The zero-order valence-corrected chi connectivity index (χ0v) is 7.98. The Morgan fingerprint density at radius 3 is 3.00 bits per heavy atom. The van der Waals surface area contributed by atoms with Gasteiger partial charge >= 0.3 is 6.03 Å². The highest BCUT2D eigenvalue weighted by Crippen LogP contribution is 2.31. The van der Waals surface area contributed by atoms with E-state index in [1.54, 1.807) is 0 Å². The normalized spacial score (nSPS) is 32.0. The Balaban J connectivity index is 2.62. The number of carbonyl (C=O) groups is 1. The third kappa shape index (κ3) is 2.14. The van der Waals surface area contributed by atoms with Crippen molar-refractivity contribution < 1.29 is 9.53 Å². The highest BCUT2D eigenvalue weighted by Gasteiger charge is 2.33. The molecule has 1 aliphatic rings. The monoisotopic (exact) mass is 188 g/mol. The van der Waals surface area contributed by atoms with E-state index in [9.17, 15) is 4.79 Å². The van der Waals surface area contributed by atoms with E-state index >= 15 is 0 Å². The molecular weight excluding hydrogens is 176 g/mol. The molecule has 0 radical (unpaired) electrons. The summed E-state index contributed by atoms with van der Waals surface area (Å²) in [7, 11) is 0. The van der Waals surface area contributed by atoms with Gasteiger partial charge in [-0.1, -0.05) is 18.7 Å². The standard InChI is InChI=1S/C7H12N2O2S/c1-3-7(2)4-12-6(11-7)9-5(8)10/h3-4H2,1-2H3,(H2,8,10)/b9-6+. The van der Waals surface area contributed by atoms with Crippen molar-refractivity contribution in [3.63, 3.8) is 0 Å². The fraction of sp³-hybridized carbons (Fsp3) is 0.714. The van der Waals surface area contributed by atoms with Crippen LogP contribution in [0.5, 0.6) is 0 Å². The van der Waals surface area contributed by atoms with E-state index in [0.717, 1.165) is 12.2 Å². The molecule has 0 bridgehead atoms. The molecule has 4 nitrogen and oxygen atoms in total. The van der Waals surface area contributed by atoms with Gasteiger partial charge in [0.15, 0.2) is 0 Å². The summed E-state index contributed by atoms with van der Waals surface area (Å²) in [5.41, 5.74) is 4.70. The van der Waals surface area contributed by atoms with Gasteiger partial charge < -0.3 is 10.5 Å². The molecule has 0 aromatic carbocycles. The summed E-state index contributed by atoms with van der Waals surface area (Å²) in [5.74, 6) is 0.829. The summed E-state index contributed by atoms with van der Waals surface area (Å²) in [4.78, 5) is 13.9. The Morgan fingerprint density at radius 1 is 1.92 bits per heavy atom. The predicted molar refractivity (Wildman–Crippen MR) is 49.3 cm³/mol. The number of urea groups is 1. The van der Waals surface area contributed by atoms with Gasteiger partial charge in [-0.05, 0) is 13.3 Å². The lowest BCUT2D eigenvalue weighted by molar-refractivity contribution is 0.111. The highest BCUT2D eigenvalue weighted by atomic mass is 32.2. The summed E-state index contributed by atoms with van der Waals surface area (Å²) in [5, 5.41) is 0.395. The second-order valence-electron chi connectivity index (χ2n) is 2.91. The van der Waals surface area contributed by atoms with Gasteiger partial charge in [0, 0.05) is 5.75 Å². The topological polar surface area (TPSA) is 64.7 Å². The number of nitrogens with zero attached hydrogens (tertiary/aromatic N) is 1. The van der Waals surface area contributed by atoms with Crippen molar-refractivity contribution in [2.24, 2.45) is 10.7 Å². The van der Waals surface area contributed by atoms with Gasteiger partial charge in [0.25, 0.3) is 5.23 Å². The molecule has 1 rings (SSSR count). The van der Waals surface area contributed by atoms with Crippen molar-refractivity contribution in [3.8, 4) is 0 Å². The lowest BCUT2D eigenvalue weighted by atomic mass is 10.1. The number of aliphatic imine (C=N–C) groups is 1. The highest BCUT2D eigenvalue weighted by molar-refractivity contribution is 8.13. The molecule has 1 aliphatic heterocycles. The van der Waals surface area contributed by atoms with Gasteiger partial charge in [-0.15, -0.1) is 0 Å². The molecule has 1 saturated heterocycles. The Bertz CT molecular complexity index is 229. The van der Waals surface area contributed by atoms with E-state index < -0.39 is 6.03 Å². The fourth-order valence-electron chi connectivity index (χ4n) is 0.803. The van der Waals surface area contributed by atoms with Crippen LogP contribution in [0, 0.1) is 0 Å². The number of primary amides is 1. The van der Waals surface area contributed by atoms with Crippen molar-refractivity contribution >= 4 is 23.0 Å². The smallest absolute Gasteiger partial charge is 0.342 e. The lowest BCUT2D eigenvalue weighted by Crippen LogP contribution is -2.25. The Labute approximate surface area is 75.6 Å². The third-order valence-electron chi connectivity index (χ3n) is 1.78. The number of ether oxygens (including phenoxy) is 1. The molecule has 0 aromatic heterocycles. The largest absolute Gasteiger partial charge is 0.466 e. The molecule has 2 N–H and O–H groups in total. The Morgan fingerprint density at radius 2 is 2.58 bits per heavy atom. The first-order chi connectivity index (χ1) is 5.56. The number of carbonyl (C=O) groups excluding carboxylic acids is 1. The van der Waals surface area contributed by atoms with E-state index in [1.165, 1.54) is 11.8 Å². The molecular formula is C7H12N2O2S. The number of nitrogens with two attached hydrogens (primary N) is 1.